The van der Waals surface area contributed by atoms with Gasteiger partial charge in [0.15, 0.2) is 8.32 Å². The lowest BCUT2D eigenvalue weighted by Gasteiger charge is -2.19. The highest BCUT2D eigenvalue weighted by Crippen LogP contribution is 2.17. The molecule has 0 atom stereocenters. The first-order valence-electron chi connectivity index (χ1n) is 9.03. The Morgan fingerprint density at radius 2 is 1.10 bits per heavy atom. The molecular weight excluding hydrogens is 260 g/mol. The maximum Gasteiger partial charge on any atom is 0.186 e. The van der Waals surface area contributed by atoms with Gasteiger partial charge in [-0.25, -0.2) is 0 Å². The van der Waals surface area contributed by atoms with Gasteiger partial charge in [-0.2, -0.15) is 0 Å². The quantitative estimate of drug-likeness (QED) is 0.253. The highest BCUT2D eigenvalue weighted by atomic mass is 28.4. The highest BCUT2D eigenvalue weighted by Gasteiger charge is 2.18. The van der Waals surface area contributed by atoms with E-state index in [-0.39, 0.29) is 0 Å². The first-order chi connectivity index (χ1) is 9.48. The monoisotopic (exact) mass is 300 g/mol. The molecule has 0 spiro atoms. The third-order valence-electron chi connectivity index (χ3n) is 4.36. The molecule has 0 aromatic rings. The van der Waals surface area contributed by atoms with Gasteiger partial charge < -0.3 is 4.43 Å². The standard InChI is InChI=1S/C18H40OSi/c1-18(2)16-14-12-10-8-6-7-9-11-13-15-17-20(4,5)19-3/h18H,6-17H2,1-5H3. The van der Waals surface area contributed by atoms with Crippen molar-refractivity contribution < 1.29 is 4.43 Å². The molecule has 0 aromatic heterocycles. The van der Waals surface area contributed by atoms with Gasteiger partial charge in [-0.15, -0.1) is 0 Å². The van der Waals surface area contributed by atoms with Crippen molar-refractivity contribution in [3.8, 4) is 0 Å². The van der Waals surface area contributed by atoms with Crippen LogP contribution < -0.4 is 0 Å². The fraction of sp³-hybridized carbons (Fsp3) is 1.00. The molecule has 2 heteroatoms. The molecule has 0 saturated carbocycles. The Hall–Kier alpha value is 0.177. The minimum Gasteiger partial charge on any atom is -0.420 e. The van der Waals surface area contributed by atoms with Crippen LogP contribution in [0.15, 0.2) is 0 Å². The number of unbranched alkanes of at least 4 members (excludes halogenated alkanes) is 9. The Kier molecular flexibility index (Phi) is 13.0. The Morgan fingerprint density at radius 3 is 1.50 bits per heavy atom. The van der Waals surface area contributed by atoms with Crippen LogP contribution in [0.3, 0.4) is 0 Å². The van der Waals surface area contributed by atoms with E-state index >= 15 is 0 Å². The van der Waals surface area contributed by atoms with Crippen LogP contribution in [0.5, 0.6) is 0 Å². The van der Waals surface area contributed by atoms with E-state index in [9.17, 15) is 0 Å². The Balaban J connectivity index is 3.10. The zero-order valence-electron chi connectivity index (χ0n) is 15.0. The minimum atomic E-state index is -1.28. The largest absolute Gasteiger partial charge is 0.420 e. The lowest BCUT2D eigenvalue weighted by molar-refractivity contribution is 0.400. The summed E-state index contributed by atoms with van der Waals surface area (Å²) >= 11 is 0. The highest BCUT2D eigenvalue weighted by molar-refractivity contribution is 6.71. The average molecular weight is 301 g/mol. The number of hydrogen-bond donors (Lipinski definition) is 0. The van der Waals surface area contributed by atoms with E-state index < -0.39 is 8.32 Å². The first kappa shape index (κ1) is 20.2. The molecule has 0 aliphatic heterocycles. The Morgan fingerprint density at radius 1 is 0.700 bits per heavy atom. The summed E-state index contributed by atoms with van der Waals surface area (Å²) in [5.74, 6) is 0.890. The zero-order chi connectivity index (χ0) is 15.3. The van der Waals surface area contributed by atoms with Crippen molar-refractivity contribution >= 4 is 8.32 Å². The summed E-state index contributed by atoms with van der Waals surface area (Å²) in [7, 11) is 0.603. The van der Waals surface area contributed by atoms with Gasteiger partial charge in [0.05, 0.1) is 0 Å². The summed E-state index contributed by atoms with van der Waals surface area (Å²) in [6, 6.07) is 1.33. The van der Waals surface area contributed by atoms with Crippen molar-refractivity contribution in [1.82, 2.24) is 0 Å². The zero-order valence-corrected chi connectivity index (χ0v) is 16.0. The van der Waals surface area contributed by atoms with Gasteiger partial charge in [-0.3, -0.25) is 0 Å². The molecule has 0 fully saturated rings. The molecule has 0 aromatic carbocycles. The Bertz CT molecular complexity index is 202. The minimum absolute atomic E-state index is 0.890. The molecule has 0 N–H and O–H groups in total. The molecule has 122 valence electrons. The maximum atomic E-state index is 5.58. The van der Waals surface area contributed by atoms with Crippen LogP contribution in [0.2, 0.25) is 19.1 Å². The summed E-state index contributed by atoms with van der Waals surface area (Å²) in [4.78, 5) is 0. The molecule has 0 aliphatic rings. The SMILES string of the molecule is CO[Si](C)(C)CCCCCCCCCCCCC(C)C. The van der Waals surface area contributed by atoms with Crippen LogP contribution in [0.4, 0.5) is 0 Å². The molecule has 20 heavy (non-hydrogen) atoms. The summed E-state index contributed by atoms with van der Waals surface area (Å²) in [6.45, 7) is 9.31. The van der Waals surface area contributed by atoms with Crippen molar-refractivity contribution in [1.29, 1.82) is 0 Å². The van der Waals surface area contributed by atoms with Crippen molar-refractivity contribution in [2.24, 2.45) is 5.92 Å². The fourth-order valence-corrected chi connectivity index (χ4v) is 3.93. The van der Waals surface area contributed by atoms with Gasteiger partial charge in [0.25, 0.3) is 0 Å². The second-order valence-corrected chi connectivity index (χ2v) is 11.9. The topological polar surface area (TPSA) is 9.23 Å². The maximum absolute atomic E-state index is 5.58. The van der Waals surface area contributed by atoms with E-state index in [1.165, 1.54) is 76.7 Å². The summed E-state index contributed by atoms with van der Waals surface area (Å²) < 4.78 is 5.58. The predicted octanol–water partition coefficient (Wildman–Crippen LogP) is 6.79. The van der Waals surface area contributed by atoms with Crippen molar-refractivity contribution in [2.45, 2.75) is 104 Å². The number of rotatable bonds is 14. The molecule has 0 rings (SSSR count). The third kappa shape index (κ3) is 14.6. The summed E-state index contributed by atoms with van der Waals surface area (Å²) in [5.41, 5.74) is 0. The van der Waals surface area contributed by atoms with Crippen LogP contribution in [0.1, 0.15) is 84.5 Å². The predicted molar refractivity (Wildman–Crippen MR) is 94.9 cm³/mol. The molecule has 0 heterocycles. The van der Waals surface area contributed by atoms with E-state index in [1.54, 1.807) is 0 Å². The van der Waals surface area contributed by atoms with Crippen LogP contribution in [-0.2, 0) is 4.43 Å². The summed E-state index contributed by atoms with van der Waals surface area (Å²) in [5, 5.41) is 0. The second kappa shape index (κ2) is 12.9. The van der Waals surface area contributed by atoms with E-state index in [0.717, 1.165) is 5.92 Å². The van der Waals surface area contributed by atoms with Crippen LogP contribution >= 0.6 is 0 Å². The van der Waals surface area contributed by atoms with Crippen molar-refractivity contribution in [3.63, 3.8) is 0 Å². The lowest BCUT2D eigenvalue weighted by atomic mass is 10.0. The van der Waals surface area contributed by atoms with Gasteiger partial charge in [0.2, 0.25) is 0 Å². The van der Waals surface area contributed by atoms with E-state index in [2.05, 4.69) is 26.9 Å². The molecule has 0 saturated heterocycles. The van der Waals surface area contributed by atoms with Crippen molar-refractivity contribution in [2.75, 3.05) is 7.11 Å². The van der Waals surface area contributed by atoms with Gasteiger partial charge in [-0.1, -0.05) is 84.5 Å². The third-order valence-corrected chi connectivity index (χ3v) is 7.03. The number of hydrogen-bond acceptors (Lipinski definition) is 1. The van der Waals surface area contributed by atoms with Gasteiger partial charge in [0, 0.05) is 7.11 Å². The van der Waals surface area contributed by atoms with Crippen molar-refractivity contribution in [3.05, 3.63) is 0 Å². The van der Waals surface area contributed by atoms with Gasteiger partial charge in [0.1, 0.15) is 0 Å². The molecule has 0 aliphatic carbocycles. The molecular formula is C18H40OSi. The van der Waals surface area contributed by atoms with Crippen LogP contribution in [0.25, 0.3) is 0 Å². The molecule has 0 radical (unpaired) electrons. The normalized spacial score (nSPS) is 12.3. The smallest absolute Gasteiger partial charge is 0.186 e. The molecule has 1 nitrogen and oxygen atoms in total. The molecule has 0 amide bonds. The lowest BCUT2D eigenvalue weighted by Crippen LogP contribution is -2.27. The second-order valence-electron chi connectivity index (χ2n) is 7.43. The first-order valence-corrected chi connectivity index (χ1v) is 12.1. The summed E-state index contributed by atoms with van der Waals surface area (Å²) in [6.07, 6.45) is 15.8. The fourth-order valence-electron chi connectivity index (χ4n) is 2.62. The van der Waals surface area contributed by atoms with E-state index in [1.807, 2.05) is 7.11 Å². The Labute approximate surface area is 130 Å². The van der Waals surface area contributed by atoms with Gasteiger partial charge in [-0.05, 0) is 25.1 Å². The molecule has 0 bridgehead atoms. The van der Waals surface area contributed by atoms with E-state index in [4.69, 9.17) is 4.43 Å². The van der Waals surface area contributed by atoms with Crippen LogP contribution in [0, 0.1) is 5.92 Å². The van der Waals surface area contributed by atoms with Gasteiger partial charge >= 0.3 is 0 Å². The average Bonchev–Trinajstić information content (AvgIpc) is 2.39. The van der Waals surface area contributed by atoms with Crippen LogP contribution in [-0.4, -0.2) is 15.4 Å². The van der Waals surface area contributed by atoms with E-state index in [0.29, 0.717) is 0 Å². The molecule has 0 unspecified atom stereocenters.